The van der Waals surface area contributed by atoms with Gasteiger partial charge in [-0.15, -0.1) is 0 Å². The summed E-state index contributed by atoms with van der Waals surface area (Å²) in [4.78, 5) is 25.7. The van der Waals surface area contributed by atoms with E-state index in [4.69, 9.17) is 0 Å². The Hall–Kier alpha value is -2.11. The summed E-state index contributed by atoms with van der Waals surface area (Å²) in [6.45, 7) is 1.22. The molecule has 2 aliphatic rings. The summed E-state index contributed by atoms with van der Waals surface area (Å²) < 4.78 is 13.1. The van der Waals surface area contributed by atoms with Crippen LogP contribution < -0.4 is 5.32 Å². The number of nitrogens with zero attached hydrogens (tertiary/aromatic N) is 1. The molecule has 1 aromatic rings. The molecule has 6 heteroatoms. The summed E-state index contributed by atoms with van der Waals surface area (Å²) in [6, 6.07) is 6.26. The quantitative estimate of drug-likeness (QED) is 0.875. The Balaban J connectivity index is 1.62. The van der Waals surface area contributed by atoms with Crippen LogP contribution in [0.15, 0.2) is 24.3 Å². The zero-order valence-corrected chi connectivity index (χ0v) is 14.3. The van der Waals surface area contributed by atoms with Gasteiger partial charge in [-0.05, 0) is 37.0 Å². The smallest absolute Gasteiger partial charge is 0.317 e. The van der Waals surface area contributed by atoms with Crippen molar-refractivity contribution in [1.29, 1.82) is 0 Å². The molecule has 5 nitrogen and oxygen atoms in total. The van der Waals surface area contributed by atoms with E-state index in [1.54, 1.807) is 17.0 Å². The average molecular weight is 348 g/mol. The highest BCUT2D eigenvalue weighted by atomic mass is 19.1. The number of amides is 2. The van der Waals surface area contributed by atoms with Crippen molar-refractivity contribution in [3.8, 4) is 0 Å². The van der Waals surface area contributed by atoms with Gasteiger partial charge in [-0.2, -0.15) is 0 Å². The number of benzene rings is 1. The topological polar surface area (TPSA) is 69.6 Å². The van der Waals surface area contributed by atoms with Crippen LogP contribution >= 0.6 is 0 Å². The number of urea groups is 1. The first kappa shape index (κ1) is 17.7. The van der Waals surface area contributed by atoms with Crippen molar-refractivity contribution >= 4 is 12.0 Å². The zero-order chi connectivity index (χ0) is 17.9. The number of carboxylic acids is 1. The first-order valence-electron chi connectivity index (χ1n) is 9.02. The number of hydrogen-bond donors (Lipinski definition) is 2. The minimum Gasteiger partial charge on any atom is -0.481 e. The second-order valence-electron chi connectivity index (χ2n) is 7.32. The molecule has 0 spiro atoms. The summed E-state index contributed by atoms with van der Waals surface area (Å²) in [7, 11) is 0. The van der Waals surface area contributed by atoms with E-state index in [2.05, 4.69) is 5.32 Å². The molecule has 1 saturated heterocycles. The Morgan fingerprint density at radius 1 is 1.20 bits per heavy atom. The van der Waals surface area contributed by atoms with Crippen molar-refractivity contribution in [3.63, 3.8) is 0 Å². The van der Waals surface area contributed by atoms with Gasteiger partial charge in [0.15, 0.2) is 0 Å². The Labute approximate surface area is 147 Å². The van der Waals surface area contributed by atoms with Crippen LogP contribution in [-0.2, 0) is 4.79 Å². The summed E-state index contributed by atoms with van der Waals surface area (Å²) in [5.41, 5.74) is 0.421. The molecule has 1 aliphatic heterocycles. The highest BCUT2D eigenvalue weighted by molar-refractivity contribution is 5.77. The fraction of sp³-hybridized carbons (Fsp3) is 0.579. The van der Waals surface area contributed by atoms with Gasteiger partial charge in [0.25, 0.3) is 0 Å². The molecular formula is C19H25FN2O3. The summed E-state index contributed by atoms with van der Waals surface area (Å²) in [5.74, 6) is -0.926. The summed E-state index contributed by atoms with van der Waals surface area (Å²) >= 11 is 0. The Bertz CT molecular complexity index is 626. The van der Waals surface area contributed by atoms with Crippen molar-refractivity contribution in [1.82, 2.24) is 10.2 Å². The zero-order valence-electron chi connectivity index (χ0n) is 14.3. The van der Waals surface area contributed by atoms with Crippen molar-refractivity contribution in [2.75, 3.05) is 13.1 Å². The number of carboxylic acid groups (broad SMARTS) is 1. The molecule has 2 amide bonds. The van der Waals surface area contributed by atoms with Gasteiger partial charge in [0.05, 0.1) is 12.0 Å². The maximum absolute atomic E-state index is 13.1. The molecule has 0 aromatic heterocycles. The maximum atomic E-state index is 13.1. The first-order chi connectivity index (χ1) is 12.0. The van der Waals surface area contributed by atoms with Gasteiger partial charge in [0.1, 0.15) is 5.82 Å². The molecule has 3 rings (SSSR count). The number of carbonyl (C=O) groups excluding carboxylic acids is 1. The molecule has 0 radical (unpaired) electrons. The molecule has 1 aromatic carbocycles. The normalized spacial score (nSPS) is 22.6. The minimum absolute atomic E-state index is 0.0199. The number of aliphatic carboxylic acids is 1. The Morgan fingerprint density at radius 3 is 2.52 bits per heavy atom. The molecular weight excluding hydrogens is 323 g/mol. The third kappa shape index (κ3) is 4.30. The van der Waals surface area contributed by atoms with E-state index in [1.165, 1.54) is 12.1 Å². The molecule has 2 N–H and O–H groups in total. The third-order valence-corrected chi connectivity index (χ3v) is 5.49. The van der Waals surface area contributed by atoms with Crippen LogP contribution in [0, 0.1) is 5.82 Å². The van der Waals surface area contributed by atoms with E-state index in [0.717, 1.165) is 44.1 Å². The third-order valence-electron chi connectivity index (χ3n) is 5.49. The monoisotopic (exact) mass is 348 g/mol. The van der Waals surface area contributed by atoms with Crippen molar-refractivity contribution in [2.45, 2.75) is 56.4 Å². The predicted octanol–water partition coefficient (Wildman–Crippen LogP) is 3.50. The highest BCUT2D eigenvalue weighted by Gasteiger charge is 2.38. The fourth-order valence-electron chi connectivity index (χ4n) is 4.12. The second kappa shape index (κ2) is 7.42. The van der Waals surface area contributed by atoms with Gasteiger partial charge in [0, 0.05) is 19.0 Å². The maximum Gasteiger partial charge on any atom is 0.317 e. The lowest BCUT2D eigenvalue weighted by atomic mass is 9.79. The van der Waals surface area contributed by atoms with Crippen LogP contribution in [0.5, 0.6) is 0 Å². The van der Waals surface area contributed by atoms with Crippen LogP contribution in [0.25, 0.3) is 0 Å². The predicted molar refractivity (Wildman–Crippen MR) is 91.9 cm³/mol. The summed E-state index contributed by atoms with van der Waals surface area (Å²) in [6.07, 6.45) is 5.25. The standard InChI is InChI=1S/C19H25FN2O3/c20-16-6-4-14(5-7-16)15-8-11-22(13-15)18(25)21-19(12-17(23)24)9-2-1-3-10-19/h4-7,15H,1-3,8-13H2,(H,21,25)(H,23,24). The molecule has 1 aliphatic carbocycles. The second-order valence-corrected chi connectivity index (χ2v) is 7.32. The molecule has 1 saturated carbocycles. The SMILES string of the molecule is O=C(O)CC1(NC(=O)N2CCC(c3ccc(F)cc3)C2)CCCCC1. The van der Waals surface area contributed by atoms with Crippen LogP contribution in [-0.4, -0.2) is 40.6 Å². The lowest BCUT2D eigenvalue weighted by Gasteiger charge is -2.38. The van der Waals surface area contributed by atoms with Crippen molar-refractivity contribution in [3.05, 3.63) is 35.6 Å². The lowest BCUT2D eigenvalue weighted by molar-refractivity contribution is -0.139. The van der Waals surface area contributed by atoms with E-state index in [1.807, 2.05) is 0 Å². The number of nitrogens with one attached hydrogen (secondary N) is 1. The number of likely N-dealkylation sites (tertiary alicyclic amines) is 1. The highest BCUT2D eigenvalue weighted by Crippen LogP contribution is 2.32. The van der Waals surface area contributed by atoms with Crippen molar-refractivity contribution < 1.29 is 19.1 Å². The Kier molecular flexibility index (Phi) is 5.25. The van der Waals surface area contributed by atoms with E-state index < -0.39 is 11.5 Å². The van der Waals surface area contributed by atoms with Gasteiger partial charge in [-0.3, -0.25) is 4.79 Å². The largest absolute Gasteiger partial charge is 0.481 e. The van der Waals surface area contributed by atoms with E-state index in [0.29, 0.717) is 13.1 Å². The molecule has 2 fully saturated rings. The fourth-order valence-corrected chi connectivity index (χ4v) is 4.12. The van der Waals surface area contributed by atoms with E-state index in [-0.39, 0.29) is 24.2 Å². The van der Waals surface area contributed by atoms with Gasteiger partial charge in [-0.1, -0.05) is 31.4 Å². The minimum atomic E-state index is -0.868. The number of rotatable bonds is 4. The number of halogens is 1. The Morgan fingerprint density at radius 2 is 1.88 bits per heavy atom. The average Bonchev–Trinajstić information content (AvgIpc) is 3.05. The first-order valence-corrected chi connectivity index (χ1v) is 9.02. The van der Waals surface area contributed by atoms with Gasteiger partial charge < -0.3 is 15.3 Å². The van der Waals surface area contributed by atoms with Crippen LogP contribution in [0.3, 0.4) is 0 Å². The van der Waals surface area contributed by atoms with E-state index in [9.17, 15) is 19.1 Å². The van der Waals surface area contributed by atoms with Crippen LogP contribution in [0.4, 0.5) is 9.18 Å². The molecule has 1 unspecified atom stereocenters. The van der Waals surface area contributed by atoms with Gasteiger partial charge in [-0.25, -0.2) is 9.18 Å². The molecule has 1 atom stereocenters. The van der Waals surface area contributed by atoms with Gasteiger partial charge >= 0.3 is 12.0 Å². The molecule has 136 valence electrons. The summed E-state index contributed by atoms with van der Waals surface area (Å²) in [5, 5.41) is 12.3. The number of carbonyl (C=O) groups is 2. The van der Waals surface area contributed by atoms with Crippen LogP contribution in [0.1, 0.15) is 56.4 Å². The number of hydrogen-bond acceptors (Lipinski definition) is 2. The molecule has 1 heterocycles. The van der Waals surface area contributed by atoms with Crippen molar-refractivity contribution in [2.24, 2.45) is 0 Å². The van der Waals surface area contributed by atoms with Crippen LogP contribution in [0.2, 0.25) is 0 Å². The molecule has 25 heavy (non-hydrogen) atoms. The van der Waals surface area contributed by atoms with E-state index >= 15 is 0 Å². The molecule has 0 bridgehead atoms. The van der Waals surface area contributed by atoms with Gasteiger partial charge in [0.2, 0.25) is 0 Å². The lowest BCUT2D eigenvalue weighted by Crippen LogP contribution is -2.54.